The lowest BCUT2D eigenvalue weighted by Crippen LogP contribution is -2.16. The topological polar surface area (TPSA) is 55.4 Å². The first-order chi connectivity index (χ1) is 11.1. The van der Waals surface area contributed by atoms with Crippen molar-refractivity contribution in [1.29, 1.82) is 0 Å². The fraction of sp³-hybridized carbons (Fsp3) is 0.579. The van der Waals surface area contributed by atoms with Crippen molar-refractivity contribution in [2.24, 2.45) is 5.92 Å². The molecule has 0 aliphatic heterocycles. The number of hydrogen-bond acceptors (Lipinski definition) is 3. The molecule has 4 nitrogen and oxygen atoms in total. The lowest BCUT2D eigenvalue weighted by atomic mass is 9.86. The highest BCUT2D eigenvalue weighted by molar-refractivity contribution is 5.93. The predicted molar refractivity (Wildman–Crippen MR) is 92.0 cm³/mol. The number of rotatable bonds is 7. The molecule has 2 rings (SSSR count). The van der Waals surface area contributed by atoms with Gasteiger partial charge in [-0.05, 0) is 44.4 Å². The summed E-state index contributed by atoms with van der Waals surface area (Å²) in [6, 6.07) is 5.10. The van der Waals surface area contributed by atoms with Crippen LogP contribution in [0.1, 0.15) is 69.2 Å². The van der Waals surface area contributed by atoms with E-state index in [4.69, 9.17) is 4.74 Å². The summed E-state index contributed by atoms with van der Waals surface area (Å²) in [7, 11) is 0. The highest BCUT2D eigenvalue weighted by atomic mass is 16.5. The maximum Gasteiger partial charge on any atom is 0.224 e. The van der Waals surface area contributed by atoms with Crippen molar-refractivity contribution in [3.8, 4) is 5.75 Å². The molecule has 1 N–H and O–H groups in total. The van der Waals surface area contributed by atoms with Crippen LogP contribution in [0.2, 0.25) is 0 Å². The van der Waals surface area contributed by atoms with Crippen LogP contribution in [0, 0.1) is 5.92 Å². The van der Waals surface area contributed by atoms with Gasteiger partial charge in [0.15, 0.2) is 0 Å². The summed E-state index contributed by atoms with van der Waals surface area (Å²) in [5, 5.41) is 2.91. The van der Waals surface area contributed by atoms with Crippen molar-refractivity contribution in [3.63, 3.8) is 0 Å². The van der Waals surface area contributed by atoms with E-state index in [0.29, 0.717) is 29.3 Å². The molecule has 0 heterocycles. The van der Waals surface area contributed by atoms with Crippen LogP contribution in [0.4, 0.5) is 5.69 Å². The smallest absolute Gasteiger partial charge is 0.224 e. The average Bonchev–Trinajstić information content (AvgIpc) is 2.55. The molecular formula is C19H27NO3. The van der Waals surface area contributed by atoms with Gasteiger partial charge in [-0.2, -0.15) is 0 Å². The zero-order valence-corrected chi connectivity index (χ0v) is 14.1. The number of carbonyl (C=O) groups excluding carboxylic acids is 2. The Balaban J connectivity index is 1.96. The van der Waals surface area contributed by atoms with E-state index in [0.717, 1.165) is 12.7 Å². The van der Waals surface area contributed by atoms with Gasteiger partial charge in [-0.25, -0.2) is 0 Å². The van der Waals surface area contributed by atoms with Gasteiger partial charge in [-0.15, -0.1) is 0 Å². The van der Waals surface area contributed by atoms with E-state index in [1.165, 1.54) is 32.1 Å². The molecule has 0 atom stereocenters. The van der Waals surface area contributed by atoms with Crippen LogP contribution >= 0.6 is 0 Å². The maximum atomic E-state index is 12.2. The minimum absolute atomic E-state index is 0.00720. The van der Waals surface area contributed by atoms with Crippen molar-refractivity contribution in [2.45, 2.75) is 64.9 Å². The quantitative estimate of drug-likeness (QED) is 0.749. The molecule has 1 aliphatic carbocycles. The molecule has 1 saturated carbocycles. The number of carbonyl (C=O) groups is 2. The third-order valence-corrected chi connectivity index (χ3v) is 4.28. The monoisotopic (exact) mass is 317 g/mol. The van der Waals surface area contributed by atoms with Crippen molar-refractivity contribution >= 4 is 17.9 Å². The van der Waals surface area contributed by atoms with Crippen LogP contribution in [0.15, 0.2) is 18.2 Å². The summed E-state index contributed by atoms with van der Waals surface area (Å²) >= 11 is 0. The molecular weight excluding hydrogens is 290 g/mol. The van der Waals surface area contributed by atoms with Gasteiger partial charge in [0.25, 0.3) is 0 Å². The second kappa shape index (κ2) is 8.70. The molecule has 1 aromatic rings. The van der Waals surface area contributed by atoms with Gasteiger partial charge >= 0.3 is 0 Å². The molecule has 0 saturated heterocycles. The summed E-state index contributed by atoms with van der Waals surface area (Å²) in [6.45, 7) is 3.87. The molecule has 23 heavy (non-hydrogen) atoms. The van der Waals surface area contributed by atoms with E-state index in [1.807, 2.05) is 13.8 Å². The van der Waals surface area contributed by atoms with Gasteiger partial charge < -0.3 is 10.1 Å². The first-order valence-electron chi connectivity index (χ1n) is 8.64. The van der Waals surface area contributed by atoms with Gasteiger partial charge in [-0.3, -0.25) is 9.59 Å². The molecule has 1 aliphatic rings. The van der Waals surface area contributed by atoms with Crippen LogP contribution < -0.4 is 10.1 Å². The predicted octanol–water partition coefficient (Wildman–Crippen LogP) is 4.59. The van der Waals surface area contributed by atoms with Gasteiger partial charge in [-0.1, -0.05) is 32.1 Å². The van der Waals surface area contributed by atoms with Crippen LogP contribution in [0.3, 0.4) is 0 Å². The Bertz CT molecular complexity index is 533. The molecule has 0 radical (unpaired) electrons. The molecule has 0 bridgehead atoms. The van der Waals surface area contributed by atoms with Gasteiger partial charge in [0, 0.05) is 12.0 Å². The standard InChI is InChI=1S/C19H27NO3/c1-14(2)23-18-10-8-16(13-21)12-17(18)20-19(22)11-9-15-6-4-3-5-7-15/h8,10,12-15H,3-7,9,11H2,1-2H3,(H,20,22). The van der Waals surface area contributed by atoms with Crippen LogP contribution in [-0.2, 0) is 4.79 Å². The molecule has 4 heteroatoms. The SMILES string of the molecule is CC(C)Oc1ccc(C=O)cc1NC(=O)CCC1CCCCC1. The second-order valence-electron chi connectivity index (χ2n) is 6.63. The number of aldehydes is 1. The van der Waals surface area contributed by atoms with Gasteiger partial charge in [0.05, 0.1) is 11.8 Å². The number of hydrogen-bond donors (Lipinski definition) is 1. The van der Waals surface area contributed by atoms with E-state index in [1.54, 1.807) is 18.2 Å². The first kappa shape index (κ1) is 17.5. The highest BCUT2D eigenvalue weighted by Crippen LogP contribution is 2.29. The lowest BCUT2D eigenvalue weighted by Gasteiger charge is -2.21. The first-order valence-corrected chi connectivity index (χ1v) is 8.64. The molecule has 0 spiro atoms. The van der Waals surface area contributed by atoms with E-state index >= 15 is 0 Å². The Labute approximate surface area is 138 Å². The van der Waals surface area contributed by atoms with Crippen LogP contribution in [-0.4, -0.2) is 18.3 Å². The average molecular weight is 317 g/mol. The fourth-order valence-electron chi connectivity index (χ4n) is 3.10. The summed E-state index contributed by atoms with van der Waals surface area (Å²) in [6.07, 6.45) is 8.66. The van der Waals surface area contributed by atoms with E-state index in [-0.39, 0.29) is 12.0 Å². The van der Waals surface area contributed by atoms with Crippen molar-refractivity contribution < 1.29 is 14.3 Å². The Morgan fingerprint density at radius 2 is 2.04 bits per heavy atom. The Morgan fingerprint density at radius 1 is 1.30 bits per heavy atom. The normalized spacial score (nSPS) is 15.4. The Hall–Kier alpha value is -1.84. The van der Waals surface area contributed by atoms with Crippen molar-refractivity contribution in [1.82, 2.24) is 0 Å². The number of ether oxygens (including phenoxy) is 1. The Morgan fingerprint density at radius 3 is 2.70 bits per heavy atom. The summed E-state index contributed by atoms with van der Waals surface area (Å²) < 4.78 is 5.71. The largest absolute Gasteiger partial charge is 0.489 e. The van der Waals surface area contributed by atoms with Crippen LogP contribution in [0.25, 0.3) is 0 Å². The maximum absolute atomic E-state index is 12.2. The lowest BCUT2D eigenvalue weighted by molar-refractivity contribution is -0.116. The zero-order chi connectivity index (χ0) is 16.7. The van der Waals surface area contributed by atoms with E-state index in [2.05, 4.69) is 5.32 Å². The number of anilines is 1. The highest BCUT2D eigenvalue weighted by Gasteiger charge is 2.16. The van der Waals surface area contributed by atoms with Gasteiger partial charge in [0.2, 0.25) is 5.91 Å². The molecule has 126 valence electrons. The minimum Gasteiger partial charge on any atom is -0.489 e. The van der Waals surface area contributed by atoms with Crippen LogP contribution in [0.5, 0.6) is 5.75 Å². The number of benzene rings is 1. The van der Waals surface area contributed by atoms with Crippen molar-refractivity contribution in [2.75, 3.05) is 5.32 Å². The fourth-order valence-corrected chi connectivity index (χ4v) is 3.10. The van der Waals surface area contributed by atoms with Crippen molar-refractivity contribution in [3.05, 3.63) is 23.8 Å². The van der Waals surface area contributed by atoms with E-state index < -0.39 is 0 Å². The molecule has 0 aromatic heterocycles. The van der Waals surface area contributed by atoms with E-state index in [9.17, 15) is 9.59 Å². The molecule has 1 aromatic carbocycles. The third-order valence-electron chi connectivity index (χ3n) is 4.28. The molecule has 0 unspecified atom stereocenters. The summed E-state index contributed by atoms with van der Waals surface area (Å²) in [5.41, 5.74) is 1.11. The number of nitrogens with one attached hydrogen (secondary N) is 1. The zero-order valence-electron chi connectivity index (χ0n) is 14.1. The number of amides is 1. The molecule has 1 fully saturated rings. The third kappa shape index (κ3) is 5.70. The van der Waals surface area contributed by atoms with Gasteiger partial charge in [0.1, 0.15) is 12.0 Å². The molecule has 1 amide bonds. The minimum atomic E-state index is -0.00720. The summed E-state index contributed by atoms with van der Waals surface area (Å²) in [4.78, 5) is 23.2. The summed E-state index contributed by atoms with van der Waals surface area (Å²) in [5.74, 6) is 1.28. The Kier molecular flexibility index (Phi) is 6.63. The second-order valence-corrected chi connectivity index (χ2v) is 6.63.